The lowest BCUT2D eigenvalue weighted by atomic mass is 10.0. The van der Waals surface area contributed by atoms with Gasteiger partial charge in [0.1, 0.15) is 5.82 Å². The third kappa shape index (κ3) is 5.42. The zero-order chi connectivity index (χ0) is 29.2. The van der Waals surface area contributed by atoms with Crippen molar-refractivity contribution in [2.24, 2.45) is 0 Å². The number of rotatable bonds is 8. The summed E-state index contributed by atoms with van der Waals surface area (Å²) < 4.78 is 78.3. The first kappa shape index (κ1) is 28.8. The molecule has 3 aromatic carbocycles. The highest BCUT2D eigenvalue weighted by molar-refractivity contribution is 5.67. The molecule has 210 valence electrons. The zero-order valence-electron chi connectivity index (χ0n) is 21.9. The first-order chi connectivity index (χ1) is 19.0. The maximum atomic E-state index is 15.4. The van der Waals surface area contributed by atoms with Crippen molar-refractivity contribution in [1.29, 1.82) is 0 Å². The number of aromatic nitrogens is 2. The number of nitrogens with zero attached hydrogens (tertiary/aromatic N) is 2. The number of likely N-dealkylation sites (N-methyl/N-ethyl adjacent to an activating group) is 1. The largest absolute Gasteiger partial charge is 0.494 e. The van der Waals surface area contributed by atoms with Gasteiger partial charge in [0.15, 0.2) is 11.6 Å². The van der Waals surface area contributed by atoms with Crippen molar-refractivity contribution in [2.45, 2.75) is 32.2 Å². The van der Waals surface area contributed by atoms with Gasteiger partial charge in [-0.3, -0.25) is 13.9 Å². The minimum absolute atomic E-state index is 0.129. The molecule has 0 amide bonds. The highest BCUT2D eigenvalue weighted by Crippen LogP contribution is 2.34. The number of alkyl halides is 3. The molecule has 1 heterocycles. The Labute approximate surface area is 226 Å². The average Bonchev–Trinajstić information content (AvgIpc) is 2.92. The fraction of sp³-hybridized carbons (Fsp3) is 0.241. The highest BCUT2D eigenvalue weighted by atomic mass is 19.4. The van der Waals surface area contributed by atoms with Crippen molar-refractivity contribution < 1.29 is 26.7 Å². The molecule has 0 bridgehead atoms. The lowest BCUT2D eigenvalue weighted by Gasteiger charge is -2.23. The van der Waals surface area contributed by atoms with Crippen molar-refractivity contribution in [3.05, 3.63) is 122 Å². The topological polar surface area (TPSA) is 65.3 Å². The van der Waals surface area contributed by atoms with Gasteiger partial charge in [-0.05, 0) is 37.7 Å². The smallest absolute Gasteiger partial charge is 0.416 e. The number of methoxy groups -OCH3 is 1. The summed E-state index contributed by atoms with van der Waals surface area (Å²) in [6.07, 6.45) is -4.91. The van der Waals surface area contributed by atoms with Crippen molar-refractivity contribution in [1.82, 2.24) is 14.5 Å². The van der Waals surface area contributed by atoms with Crippen LogP contribution in [0.5, 0.6) is 5.75 Å². The summed E-state index contributed by atoms with van der Waals surface area (Å²) >= 11 is 0. The Morgan fingerprint density at radius 3 is 2.23 bits per heavy atom. The Hall–Kier alpha value is -4.25. The lowest BCUT2D eigenvalue weighted by molar-refractivity contribution is -0.138. The molecule has 4 aromatic rings. The van der Waals surface area contributed by atoms with E-state index in [1.165, 1.54) is 32.2 Å². The third-order valence-corrected chi connectivity index (χ3v) is 6.80. The molecule has 1 aromatic heterocycles. The number of ether oxygens (including phenoxy) is 1. The van der Waals surface area contributed by atoms with Crippen LogP contribution in [0.15, 0.2) is 76.3 Å². The predicted molar refractivity (Wildman–Crippen MR) is 140 cm³/mol. The fourth-order valence-electron chi connectivity index (χ4n) is 4.69. The molecule has 0 spiro atoms. The van der Waals surface area contributed by atoms with E-state index in [-0.39, 0.29) is 29.1 Å². The van der Waals surface area contributed by atoms with Gasteiger partial charge in [-0.2, -0.15) is 13.2 Å². The van der Waals surface area contributed by atoms with Crippen LogP contribution < -0.4 is 21.3 Å². The Morgan fingerprint density at radius 1 is 0.925 bits per heavy atom. The second-order valence-electron chi connectivity index (χ2n) is 9.08. The Balaban J connectivity index is 2.02. The maximum Gasteiger partial charge on any atom is 0.416 e. The Bertz CT molecular complexity index is 1650. The molecule has 1 atom stereocenters. The fourth-order valence-corrected chi connectivity index (χ4v) is 4.69. The average molecular weight is 560 g/mol. The van der Waals surface area contributed by atoms with Gasteiger partial charge in [0.05, 0.1) is 37.4 Å². The van der Waals surface area contributed by atoms with Gasteiger partial charge < -0.3 is 10.1 Å². The molecule has 0 aliphatic heterocycles. The van der Waals surface area contributed by atoms with Gasteiger partial charge in [-0.1, -0.05) is 48.5 Å². The first-order valence-corrected chi connectivity index (χ1v) is 12.2. The van der Waals surface area contributed by atoms with E-state index < -0.39 is 52.8 Å². The number of nitrogens with one attached hydrogen (secondary N) is 1. The molecule has 11 heteroatoms. The molecule has 6 nitrogen and oxygen atoms in total. The van der Waals surface area contributed by atoms with Gasteiger partial charge in [0, 0.05) is 16.8 Å². The third-order valence-electron chi connectivity index (χ3n) is 6.80. The molecular formula is C29H26F5N3O3. The van der Waals surface area contributed by atoms with Crippen LogP contribution in [0.4, 0.5) is 22.0 Å². The van der Waals surface area contributed by atoms with Gasteiger partial charge in [0.2, 0.25) is 0 Å². The summed E-state index contributed by atoms with van der Waals surface area (Å²) in [6, 6.07) is 14.9. The van der Waals surface area contributed by atoms with Gasteiger partial charge in [0.25, 0.3) is 5.56 Å². The molecule has 40 heavy (non-hydrogen) atoms. The normalized spacial score (nSPS) is 12.4. The van der Waals surface area contributed by atoms with E-state index in [4.69, 9.17) is 4.74 Å². The quantitative estimate of drug-likeness (QED) is 0.298. The van der Waals surface area contributed by atoms with E-state index in [2.05, 4.69) is 5.32 Å². The molecule has 0 radical (unpaired) electrons. The van der Waals surface area contributed by atoms with Crippen molar-refractivity contribution in [3.63, 3.8) is 0 Å². The number of halogens is 5. The van der Waals surface area contributed by atoms with Gasteiger partial charge in [-0.15, -0.1) is 0 Å². The van der Waals surface area contributed by atoms with Crippen LogP contribution in [-0.2, 0) is 19.3 Å². The van der Waals surface area contributed by atoms with Crippen molar-refractivity contribution >= 4 is 0 Å². The minimum atomic E-state index is -4.91. The summed E-state index contributed by atoms with van der Waals surface area (Å²) in [5.41, 5.74) is -3.74. The van der Waals surface area contributed by atoms with Gasteiger partial charge in [-0.25, -0.2) is 13.6 Å². The van der Waals surface area contributed by atoms with Crippen molar-refractivity contribution in [3.8, 4) is 16.9 Å². The van der Waals surface area contributed by atoms with Crippen LogP contribution in [0.3, 0.4) is 0 Å². The SMILES string of the molecule is CNC(Cn1c(=O)c(-c2cccc(OC)c2F)c(C)n(Cc2c(F)cccc2C(F)(F)F)c1=O)c1ccccc1. The lowest BCUT2D eigenvalue weighted by Crippen LogP contribution is -2.44. The van der Waals surface area contributed by atoms with Crippen molar-refractivity contribution in [2.75, 3.05) is 14.2 Å². The van der Waals surface area contributed by atoms with Crippen LogP contribution in [0.1, 0.15) is 28.4 Å². The van der Waals surface area contributed by atoms with E-state index >= 15 is 4.39 Å². The molecule has 0 saturated heterocycles. The molecule has 4 rings (SSSR count). The molecule has 1 N–H and O–H groups in total. The summed E-state index contributed by atoms with van der Waals surface area (Å²) in [5.74, 6) is -2.24. The van der Waals surface area contributed by atoms with E-state index in [1.807, 2.05) is 0 Å². The minimum Gasteiger partial charge on any atom is -0.494 e. The standard InChI is InChI=1S/C29H26F5N3O3/c1-17-25(19-11-7-14-24(40-3)26(19)31)27(38)37(16-23(35-2)18-9-5-4-6-10-18)28(39)36(17)15-20-21(29(32,33)34)12-8-13-22(20)30/h4-14,23,35H,15-16H2,1-3H3. The van der Waals surface area contributed by atoms with Crippen LogP contribution in [0.2, 0.25) is 0 Å². The van der Waals surface area contributed by atoms with E-state index in [9.17, 15) is 27.2 Å². The van der Waals surface area contributed by atoms with E-state index in [1.54, 1.807) is 37.4 Å². The Morgan fingerprint density at radius 2 is 1.60 bits per heavy atom. The van der Waals surface area contributed by atoms with Crippen LogP contribution in [0, 0.1) is 18.6 Å². The summed E-state index contributed by atoms with van der Waals surface area (Å²) in [6.45, 7) is 0.225. The van der Waals surface area contributed by atoms with Crippen LogP contribution in [-0.4, -0.2) is 23.3 Å². The second kappa shape index (κ2) is 11.5. The summed E-state index contributed by atoms with van der Waals surface area (Å²) in [4.78, 5) is 27.5. The van der Waals surface area contributed by atoms with E-state index in [0.717, 1.165) is 26.8 Å². The molecule has 0 aliphatic carbocycles. The number of benzene rings is 3. The monoisotopic (exact) mass is 559 g/mol. The molecule has 0 aliphatic rings. The maximum absolute atomic E-state index is 15.4. The second-order valence-corrected chi connectivity index (χ2v) is 9.08. The zero-order valence-corrected chi connectivity index (χ0v) is 21.9. The molecule has 0 saturated carbocycles. The highest BCUT2D eigenvalue weighted by Gasteiger charge is 2.35. The van der Waals surface area contributed by atoms with Crippen LogP contribution in [0.25, 0.3) is 11.1 Å². The number of hydrogen-bond acceptors (Lipinski definition) is 4. The predicted octanol–water partition coefficient (Wildman–Crippen LogP) is 5.30. The number of hydrogen-bond donors (Lipinski definition) is 1. The first-order valence-electron chi connectivity index (χ1n) is 12.2. The molecule has 1 unspecified atom stereocenters. The Kier molecular flexibility index (Phi) is 8.24. The molecule has 0 fully saturated rings. The van der Waals surface area contributed by atoms with Gasteiger partial charge >= 0.3 is 11.9 Å². The van der Waals surface area contributed by atoms with Crippen LogP contribution >= 0.6 is 0 Å². The summed E-state index contributed by atoms with van der Waals surface area (Å²) in [5, 5.41) is 3.02. The molecular weight excluding hydrogens is 533 g/mol. The van der Waals surface area contributed by atoms with E-state index in [0.29, 0.717) is 6.07 Å². The summed E-state index contributed by atoms with van der Waals surface area (Å²) in [7, 11) is 2.86.